The van der Waals surface area contributed by atoms with Gasteiger partial charge in [0.1, 0.15) is 0 Å². The van der Waals surface area contributed by atoms with Crippen LogP contribution in [0.2, 0.25) is 5.02 Å². The van der Waals surface area contributed by atoms with Crippen LogP contribution < -0.4 is 0 Å². The molecule has 0 aliphatic heterocycles. The smallest absolute Gasteiger partial charge is 0.166 e. The van der Waals surface area contributed by atoms with Gasteiger partial charge >= 0.3 is 12.4 Å². The lowest BCUT2D eigenvalue weighted by molar-refractivity contribution is -0.143. The first kappa shape index (κ1) is 16.7. The monoisotopic (exact) mass is 338 g/mol. The van der Waals surface area contributed by atoms with Gasteiger partial charge in [-0.15, -0.1) is 0 Å². The van der Waals surface area contributed by atoms with E-state index in [1.165, 1.54) is 18.2 Å². The zero-order valence-corrected chi connectivity index (χ0v) is 11.9. The molecular formula is C15H9ClF6. The van der Waals surface area contributed by atoms with Gasteiger partial charge in [0.2, 0.25) is 0 Å². The lowest BCUT2D eigenvalue weighted by atomic mass is 9.96. The van der Waals surface area contributed by atoms with E-state index in [-0.39, 0.29) is 22.2 Å². The zero-order valence-electron chi connectivity index (χ0n) is 11.1. The first-order valence-electron chi connectivity index (χ1n) is 6.04. The van der Waals surface area contributed by atoms with Crippen LogP contribution in [0.3, 0.4) is 0 Å². The van der Waals surface area contributed by atoms with Crippen molar-refractivity contribution in [1.29, 1.82) is 0 Å². The second-order valence-electron chi connectivity index (χ2n) is 4.75. The molecular weight excluding hydrogens is 330 g/mol. The average Bonchev–Trinajstić information content (AvgIpc) is 2.39. The summed E-state index contributed by atoms with van der Waals surface area (Å²) in [4.78, 5) is 0. The molecule has 2 aromatic rings. The maximum Gasteiger partial charge on any atom is 0.416 e. The molecule has 0 bridgehead atoms. The average molecular weight is 339 g/mol. The van der Waals surface area contributed by atoms with Crippen molar-refractivity contribution in [1.82, 2.24) is 0 Å². The Morgan fingerprint density at radius 3 is 1.73 bits per heavy atom. The topological polar surface area (TPSA) is 0 Å². The highest BCUT2D eigenvalue weighted by Gasteiger charge is 2.37. The zero-order chi connectivity index (χ0) is 16.7. The second-order valence-corrected chi connectivity index (χ2v) is 5.19. The van der Waals surface area contributed by atoms with Gasteiger partial charge in [-0.1, -0.05) is 17.7 Å². The molecule has 0 radical (unpaired) electrons. The third-order valence-corrected chi connectivity index (χ3v) is 3.33. The molecule has 22 heavy (non-hydrogen) atoms. The maximum atomic E-state index is 12.8. The lowest BCUT2D eigenvalue weighted by Crippen LogP contribution is -2.11. The van der Waals surface area contributed by atoms with Crippen molar-refractivity contribution in [3.63, 3.8) is 0 Å². The van der Waals surface area contributed by atoms with Crippen molar-refractivity contribution in [3.05, 3.63) is 58.1 Å². The Balaban J connectivity index is 2.73. The molecule has 0 aliphatic carbocycles. The predicted molar refractivity (Wildman–Crippen MR) is 71.6 cm³/mol. The minimum Gasteiger partial charge on any atom is -0.166 e. The molecule has 0 unspecified atom stereocenters. The molecule has 0 fully saturated rings. The molecule has 0 N–H and O–H groups in total. The van der Waals surface area contributed by atoms with Crippen molar-refractivity contribution in [2.45, 2.75) is 19.3 Å². The first-order chi connectivity index (χ1) is 9.98. The molecule has 7 heteroatoms. The summed E-state index contributed by atoms with van der Waals surface area (Å²) >= 11 is 5.78. The highest BCUT2D eigenvalue weighted by atomic mass is 35.5. The van der Waals surface area contributed by atoms with E-state index in [0.717, 1.165) is 0 Å². The largest absolute Gasteiger partial charge is 0.416 e. The van der Waals surface area contributed by atoms with Gasteiger partial charge in [0.25, 0.3) is 0 Å². The Hall–Kier alpha value is -1.69. The fourth-order valence-electron chi connectivity index (χ4n) is 2.02. The molecule has 2 rings (SSSR count). The van der Waals surface area contributed by atoms with E-state index in [2.05, 4.69) is 0 Å². The van der Waals surface area contributed by atoms with E-state index in [1.54, 1.807) is 6.92 Å². The van der Waals surface area contributed by atoms with Gasteiger partial charge < -0.3 is 0 Å². The number of hydrogen-bond acceptors (Lipinski definition) is 0. The molecule has 118 valence electrons. The lowest BCUT2D eigenvalue weighted by Gasteiger charge is -2.15. The standard InChI is InChI=1S/C15H9ClF6/c1-8-2-3-12(16)7-13(8)9-4-10(14(17,18)19)6-11(5-9)15(20,21)22/h2-7H,1H3. The van der Waals surface area contributed by atoms with Crippen molar-refractivity contribution in [2.75, 3.05) is 0 Å². The first-order valence-corrected chi connectivity index (χ1v) is 6.42. The third-order valence-electron chi connectivity index (χ3n) is 3.10. The van der Waals surface area contributed by atoms with Gasteiger partial charge in [-0.25, -0.2) is 0 Å². The van der Waals surface area contributed by atoms with Crippen LogP contribution in [0.1, 0.15) is 16.7 Å². The van der Waals surface area contributed by atoms with Crippen LogP contribution in [-0.2, 0) is 12.4 Å². The summed E-state index contributed by atoms with van der Waals surface area (Å²) in [5, 5.41) is 0.228. The van der Waals surface area contributed by atoms with Gasteiger partial charge in [-0.2, -0.15) is 26.3 Å². The number of alkyl halides is 6. The van der Waals surface area contributed by atoms with Crippen LogP contribution in [-0.4, -0.2) is 0 Å². The molecule has 2 aromatic carbocycles. The Labute approximate surface area is 127 Å². The summed E-state index contributed by atoms with van der Waals surface area (Å²) in [5.41, 5.74) is -2.13. The number of rotatable bonds is 1. The van der Waals surface area contributed by atoms with Gasteiger partial charge in [-0.05, 0) is 53.9 Å². The Morgan fingerprint density at radius 2 is 1.27 bits per heavy atom. The predicted octanol–water partition coefficient (Wildman–Crippen LogP) is 6.35. The van der Waals surface area contributed by atoms with Gasteiger partial charge in [0.15, 0.2) is 0 Å². The second kappa shape index (κ2) is 5.50. The van der Waals surface area contributed by atoms with Gasteiger partial charge in [0.05, 0.1) is 11.1 Å². The molecule has 0 heterocycles. The number of halogens is 7. The highest BCUT2D eigenvalue weighted by molar-refractivity contribution is 6.30. The highest BCUT2D eigenvalue weighted by Crippen LogP contribution is 2.39. The molecule has 0 amide bonds. The van der Waals surface area contributed by atoms with Crippen LogP contribution in [0.5, 0.6) is 0 Å². The summed E-state index contributed by atoms with van der Waals surface area (Å²) in [6.45, 7) is 1.58. The molecule has 0 aromatic heterocycles. The van der Waals surface area contributed by atoms with Crippen molar-refractivity contribution < 1.29 is 26.3 Å². The van der Waals surface area contributed by atoms with Gasteiger partial charge in [-0.3, -0.25) is 0 Å². The van der Waals surface area contributed by atoms with E-state index in [0.29, 0.717) is 17.7 Å². The summed E-state index contributed by atoms with van der Waals surface area (Å²) in [5.74, 6) is 0. The van der Waals surface area contributed by atoms with E-state index in [4.69, 9.17) is 11.6 Å². The fraction of sp³-hybridized carbons (Fsp3) is 0.200. The van der Waals surface area contributed by atoms with Crippen molar-refractivity contribution in [3.8, 4) is 11.1 Å². The molecule has 0 saturated heterocycles. The molecule has 0 atom stereocenters. The Bertz CT molecular complexity index is 668. The quantitative estimate of drug-likeness (QED) is 0.531. The summed E-state index contributed by atoms with van der Waals surface area (Å²) in [6, 6.07) is 5.86. The van der Waals surface area contributed by atoms with Gasteiger partial charge in [0, 0.05) is 5.02 Å². The number of aryl methyl sites for hydroxylation is 1. The van der Waals surface area contributed by atoms with E-state index >= 15 is 0 Å². The van der Waals surface area contributed by atoms with Crippen molar-refractivity contribution in [2.24, 2.45) is 0 Å². The Morgan fingerprint density at radius 1 is 0.773 bits per heavy atom. The van der Waals surface area contributed by atoms with Crippen molar-refractivity contribution >= 4 is 11.6 Å². The van der Waals surface area contributed by atoms with E-state index in [9.17, 15) is 26.3 Å². The minimum atomic E-state index is -4.87. The summed E-state index contributed by atoms with van der Waals surface area (Å²) in [7, 11) is 0. The normalized spacial score (nSPS) is 12.5. The third kappa shape index (κ3) is 3.55. The van der Waals surface area contributed by atoms with Crippen LogP contribution in [0, 0.1) is 6.92 Å². The SMILES string of the molecule is Cc1ccc(Cl)cc1-c1cc(C(F)(F)F)cc(C(F)(F)F)c1. The summed E-state index contributed by atoms with van der Waals surface area (Å²) < 4.78 is 77.0. The maximum absolute atomic E-state index is 12.8. The number of hydrogen-bond donors (Lipinski definition) is 0. The molecule has 0 aliphatic rings. The number of benzene rings is 2. The molecule has 0 saturated carbocycles. The van der Waals surface area contributed by atoms with Crippen LogP contribution >= 0.6 is 11.6 Å². The Kier molecular flexibility index (Phi) is 4.17. The fourth-order valence-corrected chi connectivity index (χ4v) is 2.19. The van der Waals surface area contributed by atoms with Crippen LogP contribution in [0.25, 0.3) is 11.1 Å². The minimum absolute atomic E-state index is 0.101. The van der Waals surface area contributed by atoms with Crippen LogP contribution in [0.4, 0.5) is 26.3 Å². The summed E-state index contributed by atoms with van der Waals surface area (Å²) in [6.07, 6.45) is -9.75. The van der Waals surface area contributed by atoms with Crippen LogP contribution in [0.15, 0.2) is 36.4 Å². The molecule has 0 spiro atoms. The molecule has 0 nitrogen and oxygen atoms in total. The van der Waals surface area contributed by atoms with E-state index < -0.39 is 23.5 Å². The van der Waals surface area contributed by atoms with E-state index in [1.807, 2.05) is 0 Å².